The molecule has 4 nitrogen and oxygen atoms in total. The minimum atomic E-state index is -0.00611. The average Bonchev–Trinajstić information content (AvgIpc) is 2.53. The topological polar surface area (TPSA) is 64.3 Å². The fourth-order valence-corrected chi connectivity index (χ4v) is 3.21. The van der Waals surface area contributed by atoms with Gasteiger partial charge in [0.05, 0.1) is 12.6 Å². The summed E-state index contributed by atoms with van der Waals surface area (Å²) >= 11 is 0. The van der Waals surface area contributed by atoms with Gasteiger partial charge in [-0.1, -0.05) is 31.5 Å². The van der Waals surface area contributed by atoms with E-state index in [9.17, 15) is 4.79 Å². The third-order valence-electron chi connectivity index (χ3n) is 4.40. The van der Waals surface area contributed by atoms with Gasteiger partial charge in [-0.05, 0) is 38.7 Å². The Bertz CT molecular complexity index is 490. The van der Waals surface area contributed by atoms with Gasteiger partial charge in [-0.15, -0.1) is 0 Å². The molecule has 122 valence electrons. The molecule has 0 aliphatic heterocycles. The van der Waals surface area contributed by atoms with E-state index in [-0.39, 0.29) is 23.9 Å². The van der Waals surface area contributed by atoms with Crippen molar-refractivity contribution in [2.75, 3.05) is 6.61 Å². The highest BCUT2D eigenvalue weighted by Gasteiger charge is 2.27. The number of ether oxygens (including phenoxy) is 1. The zero-order chi connectivity index (χ0) is 15.9. The molecule has 1 fully saturated rings. The molecule has 4 heteroatoms. The molecular formula is C18H28N2O2. The van der Waals surface area contributed by atoms with Gasteiger partial charge in [-0.25, -0.2) is 0 Å². The number of rotatable bonds is 6. The van der Waals surface area contributed by atoms with Crippen LogP contribution < -0.4 is 15.8 Å². The lowest BCUT2D eigenvalue weighted by Crippen LogP contribution is -2.39. The minimum absolute atomic E-state index is 0.00611. The molecule has 1 aliphatic carbocycles. The van der Waals surface area contributed by atoms with Crippen LogP contribution in [0.5, 0.6) is 5.75 Å². The smallest absolute Gasteiger partial charge is 0.223 e. The van der Waals surface area contributed by atoms with Crippen molar-refractivity contribution in [3.05, 3.63) is 29.8 Å². The number of para-hydroxylation sites is 1. The van der Waals surface area contributed by atoms with E-state index >= 15 is 0 Å². The maximum atomic E-state index is 12.5. The molecule has 2 rings (SSSR count). The molecule has 1 saturated carbocycles. The zero-order valence-electron chi connectivity index (χ0n) is 13.7. The van der Waals surface area contributed by atoms with Crippen molar-refractivity contribution >= 4 is 5.91 Å². The van der Waals surface area contributed by atoms with Gasteiger partial charge in [0.1, 0.15) is 5.75 Å². The molecule has 1 aliphatic rings. The monoisotopic (exact) mass is 304 g/mol. The van der Waals surface area contributed by atoms with E-state index in [0.29, 0.717) is 6.61 Å². The molecule has 3 atom stereocenters. The van der Waals surface area contributed by atoms with E-state index in [1.165, 1.54) is 0 Å². The summed E-state index contributed by atoms with van der Waals surface area (Å²) < 4.78 is 5.69. The Morgan fingerprint density at radius 2 is 2.14 bits per heavy atom. The van der Waals surface area contributed by atoms with Crippen molar-refractivity contribution in [2.24, 2.45) is 11.7 Å². The number of amides is 1. The van der Waals surface area contributed by atoms with Gasteiger partial charge in [-0.2, -0.15) is 0 Å². The number of nitrogens with two attached hydrogens (primary N) is 1. The second-order valence-corrected chi connectivity index (χ2v) is 6.06. The summed E-state index contributed by atoms with van der Waals surface area (Å²) in [5, 5.41) is 3.20. The molecule has 0 heterocycles. The number of hydrogen-bond donors (Lipinski definition) is 2. The first-order valence-corrected chi connectivity index (χ1v) is 8.43. The van der Waals surface area contributed by atoms with Gasteiger partial charge < -0.3 is 15.8 Å². The maximum absolute atomic E-state index is 12.5. The molecule has 3 N–H and O–H groups in total. The minimum Gasteiger partial charge on any atom is -0.494 e. The van der Waals surface area contributed by atoms with Crippen molar-refractivity contribution in [1.82, 2.24) is 5.32 Å². The van der Waals surface area contributed by atoms with Gasteiger partial charge >= 0.3 is 0 Å². The number of carbonyl (C=O) groups is 1. The number of hydrogen-bond acceptors (Lipinski definition) is 3. The lowest BCUT2D eigenvalue weighted by molar-refractivity contribution is -0.126. The van der Waals surface area contributed by atoms with Gasteiger partial charge in [0.15, 0.2) is 0 Å². The fourth-order valence-electron chi connectivity index (χ4n) is 3.21. The Hall–Kier alpha value is -1.55. The number of carbonyl (C=O) groups excluding carboxylic acids is 1. The van der Waals surface area contributed by atoms with Crippen LogP contribution in [0.1, 0.15) is 57.6 Å². The highest BCUT2D eigenvalue weighted by atomic mass is 16.5. The third kappa shape index (κ3) is 4.23. The third-order valence-corrected chi connectivity index (χ3v) is 4.40. The van der Waals surface area contributed by atoms with Gasteiger partial charge in [0.2, 0.25) is 5.91 Å². The molecule has 0 bridgehead atoms. The number of nitrogens with one attached hydrogen (secondary N) is 1. The Morgan fingerprint density at radius 3 is 2.82 bits per heavy atom. The summed E-state index contributed by atoms with van der Waals surface area (Å²) in [6, 6.07) is 8.11. The van der Waals surface area contributed by atoms with Crippen molar-refractivity contribution < 1.29 is 9.53 Å². The van der Waals surface area contributed by atoms with Crippen LogP contribution in [0.4, 0.5) is 0 Å². The zero-order valence-corrected chi connectivity index (χ0v) is 13.7. The van der Waals surface area contributed by atoms with E-state index in [1.807, 2.05) is 31.2 Å². The van der Waals surface area contributed by atoms with Crippen LogP contribution in [-0.2, 0) is 4.79 Å². The van der Waals surface area contributed by atoms with Gasteiger partial charge in [-0.3, -0.25) is 4.79 Å². The largest absolute Gasteiger partial charge is 0.494 e. The van der Waals surface area contributed by atoms with Gasteiger partial charge in [0, 0.05) is 17.5 Å². The van der Waals surface area contributed by atoms with E-state index < -0.39 is 0 Å². The van der Waals surface area contributed by atoms with Crippen LogP contribution in [0.3, 0.4) is 0 Å². The first-order chi connectivity index (χ1) is 10.7. The molecule has 3 unspecified atom stereocenters. The molecule has 1 aromatic rings. The molecule has 0 radical (unpaired) electrons. The van der Waals surface area contributed by atoms with E-state index in [4.69, 9.17) is 10.5 Å². The summed E-state index contributed by atoms with van der Waals surface area (Å²) in [6.45, 7) is 4.68. The van der Waals surface area contributed by atoms with E-state index in [1.54, 1.807) is 0 Å². The first-order valence-electron chi connectivity index (χ1n) is 8.43. The highest BCUT2D eigenvalue weighted by Crippen LogP contribution is 2.29. The first kappa shape index (κ1) is 16.8. The highest BCUT2D eigenvalue weighted by molar-refractivity contribution is 5.79. The lowest BCUT2D eigenvalue weighted by atomic mass is 9.85. The van der Waals surface area contributed by atoms with Crippen LogP contribution in [0.2, 0.25) is 0 Å². The predicted molar refractivity (Wildman–Crippen MR) is 88.7 cm³/mol. The molecule has 22 heavy (non-hydrogen) atoms. The molecule has 0 spiro atoms. The molecule has 1 amide bonds. The van der Waals surface area contributed by atoms with E-state index in [2.05, 4.69) is 12.2 Å². The summed E-state index contributed by atoms with van der Waals surface area (Å²) in [4.78, 5) is 12.5. The Kier molecular flexibility index (Phi) is 6.25. The van der Waals surface area contributed by atoms with Crippen LogP contribution in [0.25, 0.3) is 0 Å². The fraction of sp³-hybridized carbons (Fsp3) is 0.611. The molecule has 0 aromatic heterocycles. The van der Waals surface area contributed by atoms with Crippen LogP contribution in [0.15, 0.2) is 24.3 Å². The molecule has 0 saturated heterocycles. The number of benzene rings is 1. The van der Waals surface area contributed by atoms with Crippen molar-refractivity contribution in [3.8, 4) is 5.75 Å². The summed E-state index contributed by atoms with van der Waals surface area (Å²) in [5.41, 5.74) is 7.06. The second-order valence-electron chi connectivity index (χ2n) is 6.06. The summed E-state index contributed by atoms with van der Waals surface area (Å²) in [7, 11) is 0. The van der Waals surface area contributed by atoms with Gasteiger partial charge in [0.25, 0.3) is 0 Å². The van der Waals surface area contributed by atoms with Crippen LogP contribution in [0, 0.1) is 5.92 Å². The SMILES string of the molecule is CCOc1ccccc1C(CC)NC(=O)C1CCCC(N)C1. The quantitative estimate of drug-likeness (QED) is 0.848. The predicted octanol–water partition coefficient (Wildman–Crippen LogP) is 3.17. The van der Waals surface area contributed by atoms with Crippen LogP contribution >= 0.6 is 0 Å². The van der Waals surface area contributed by atoms with Crippen LogP contribution in [-0.4, -0.2) is 18.6 Å². The normalized spacial score (nSPS) is 22.9. The standard InChI is InChI=1S/C18H28N2O2/c1-3-16(15-10-5-6-11-17(15)22-4-2)20-18(21)13-8-7-9-14(19)12-13/h5-6,10-11,13-14,16H,3-4,7-9,12,19H2,1-2H3,(H,20,21). The average molecular weight is 304 g/mol. The molecular weight excluding hydrogens is 276 g/mol. The summed E-state index contributed by atoms with van der Waals surface area (Å²) in [5.74, 6) is 1.04. The maximum Gasteiger partial charge on any atom is 0.223 e. The van der Waals surface area contributed by atoms with E-state index in [0.717, 1.165) is 43.4 Å². The van der Waals surface area contributed by atoms with Crippen molar-refractivity contribution in [3.63, 3.8) is 0 Å². The van der Waals surface area contributed by atoms with Crippen molar-refractivity contribution in [2.45, 2.75) is 58.0 Å². The summed E-state index contributed by atoms with van der Waals surface area (Å²) in [6.07, 6.45) is 4.67. The Labute approximate surface area is 133 Å². The second kappa shape index (κ2) is 8.18. The Balaban J connectivity index is 2.07. The lowest BCUT2D eigenvalue weighted by Gasteiger charge is -2.28. The van der Waals surface area contributed by atoms with Crippen molar-refractivity contribution in [1.29, 1.82) is 0 Å². The Morgan fingerprint density at radius 1 is 1.36 bits per heavy atom. The molecule has 1 aromatic carbocycles.